The molecule has 0 aliphatic heterocycles. The molecular formula is C16H23NO. The van der Waals surface area contributed by atoms with E-state index >= 15 is 0 Å². The Balaban J connectivity index is 2.49. The summed E-state index contributed by atoms with van der Waals surface area (Å²) < 4.78 is 0. The van der Waals surface area contributed by atoms with Gasteiger partial charge in [0.1, 0.15) is 0 Å². The standard InChI is InChI=1S/C16H23NO/c1-3-5-12-16(18)17-15(9-4-2)13-14-10-7-6-8-11-14/h4,6-8,10-11,15H,2-3,5,9,12-13H2,1H3,(H,17,18)/t15-/m1/s1. The second-order valence-electron chi connectivity index (χ2n) is 4.58. The minimum Gasteiger partial charge on any atom is -0.353 e. The van der Waals surface area contributed by atoms with E-state index in [0.29, 0.717) is 6.42 Å². The van der Waals surface area contributed by atoms with E-state index in [1.165, 1.54) is 5.56 Å². The first kappa shape index (κ1) is 14.5. The van der Waals surface area contributed by atoms with E-state index in [1.54, 1.807) is 0 Å². The smallest absolute Gasteiger partial charge is 0.220 e. The van der Waals surface area contributed by atoms with E-state index in [1.807, 2.05) is 24.3 Å². The average molecular weight is 245 g/mol. The number of rotatable bonds is 8. The zero-order valence-electron chi connectivity index (χ0n) is 11.2. The number of amides is 1. The summed E-state index contributed by atoms with van der Waals surface area (Å²) in [5.74, 6) is 0.152. The maximum absolute atomic E-state index is 11.7. The van der Waals surface area contributed by atoms with Crippen LogP contribution in [-0.2, 0) is 11.2 Å². The van der Waals surface area contributed by atoms with E-state index < -0.39 is 0 Å². The SMILES string of the molecule is C=CC[C@H](Cc1ccccc1)NC(=O)CCCC. The molecule has 0 aromatic heterocycles. The van der Waals surface area contributed by atoms with Crippen LogP contribution in [0.3, 0.4) is 0 Å². The van der Waals surface area contributed by atoms with Gasteiger partial charge in [-0.2, -0.15) is 0 Å². The number of hydrogen-bond donors (Lipinski definition) is 1. The van der Waals surface area contributed by atoms with Crippen molar-refractivity contribution in [3.8, 4) is 0 Å². The Labute approximate surface area is 110 Å². The summed E-state index contributed by atoms with van der Waals surface area (Å²) in [6, 6.07) is 10.4. The molecule has 1 N–H and O–H groups in total. The number of hydrogen-bond acceptors (Lipinski definition) is 1. The number of benzene rings is 1. The van der Waals surface area contributed by atoms with Gasteiger partial charge in [-0.3, -0.25) is 4.79 Å². The third kappa shape index (κ3) is 5.67. The monoisotopic (exact) mass is 245 g/mol. The first-order chi connectivity index (χ1) is 8.76. The second-order valence-corrected chi connectivity index (χ2v) is 4.58. The molecule has 98 valence electrons. The van der Waals surface area contributed by atoms with Gasteiger partial charge in [0.05, 0.1) is 0 Å². The van der Waals surface area contributed by atoms with Gasteiger partial charge in [0.15, 0.2) is 0 Å². The quantitative estimate of drug-likeness (QED) is 0.698. The van der Waals surface area contributed by atoms with Gasteiger partial charge in [0, 0.05) is 12.5 Å². The van der Waals surface area contributed by atoms with Crippen LogP contribution < -0.4 is 5.32 Å². The molecule has 0 bridgehead atoms. The van der Waals surface area contributed by atoms with Gasteiger partial charge in [-0.1, -0.05) is 49.8 Å². The van der Waals surface area contributed by atoms with E-state index in [0.717, 1.165) is 25.7 Å². The molecule has 18 heavy (non-hydrogen) atoms. The van der Waals surface area contributed by atoms with Gasteiger partial charge in [-0.15, -0.1) is 6.58 Å². The molecule has 1 atom stereocenters. The van der Waals surface area contributed by atoms with Crippen LogP contribution in [-0.4, -0.2) is 11.9 Å². The number of unbranched alkanes of at least 4 members (excludes halogenated alkanes) is 1. The van der Waals surface area contributed by atoms with Crippen LogP contribution >= 0.6 is 0 Å². The Kier molecular flexibility index (Phi) is 6.85. The van der Waals surface area contributed by atoms with Crippen LogP contribution in [0.25, 0.3) is 0 Å². The summed E-state index contributed by atoms with van der Waals surface area (Å²) in [5.41, 5.74) is 1.25. The largest absolute Gasteiger partial charge is 0.353 e. The van der Waals surface area contributed by atoms with Crippen molar-refractivity contribution in [3.63, 3.8) is 0 Å². The Morgan fingerprint density at radius 1 is 1.39 bits per heavy atom. The lowest BCUT2D eigenvalue weighted by Gasteiger charge is -2.17. The summed E-state index contributed by atoms with van der Waals surface area (Å²) in [6.07, 6.45) is 6.18. The van der Waals surface area contributed by atoms with Crippen molar-refractivity contribution in [3.05, 3.63) is 48.6 Å². The molecule has 0 spiro atoms. The third-order valence-electron chi connectivity index (χ3n) is 2.90. The lowest BCUT2D eigenvalue weighted by Crippen LogP contribution is -2.35. The average Bonchev–Trinajstić information content (AvgIpc) is 2.38. The molecule has 1 rings (SSSR count). The van der Waals surface area contributed by atoms with Crippen molar-refractivity contribution in [2.45, 2.75) is 45.1 Å². The topological polar surface area (TPSA) is 29.1 Å². The Bertz CT molecular complexity index is 359. The first-order valence-corrected chi connectivity index (χ1v) is 6.70. The van der Waals surface area contributed by atoms with Crippen molar-refractivity contribution in [2.75, 3.05) is 0 Å². The molecule has 2 nitrogen and oxygen atoms in total. The van der Waals surface area contributed by atoms with Crippen LogP contribution in [0.5, 0.6) is 0 Å². The number of carbonyl (C=O) groups is 1. The highest BCUT2D eigenvalue weighted by molar-refractivity contribution is 5.76. The highest BCUT2D eigenvalue weighted by Gasteiger charge is 2.11. The summed E-state index contributed by atoms with van der Waals surface area (Å²) in [6.45, 7) is 5.86. The van der Waals surface area contributed by atoms with E-state index in [9.17, 15) is 4.79 Å². The molecule has 0 radical (unpaired) electrons. The van der Waals surface area contributed by atoms with Crippen molar-refractivity contribution in [2.24, 2.45) is 0 Å². The van der Waals surface area contributed by atoms with E-state index in [-0.39, 0.29) is 11.9 Å². The molecule has 0 heterocycles. The molecule has 0 saturated carbocycles. The minimum absolute atomic E-state index is 0.152. The summed E-state index contributed by atoms with van der Waals surface area (Å²) in [5, 5.41) is 3.09. The van der Waals surface area contributed by atoms with Crippen molar-refractivity contribution >= 4 is 5.91 Å². The molecule has 0 aliphatic rings. The molecule has 1 aromatic carbocycles. The zero-order valence-corrected chi connectivity index (χ0v) is 11.2. The lowest BCUT2D eigenvalue weighted by atomic mass is 10.0. The molecule has 2 heteroatoms. The molecule has 0 aliphatic carbocycles. The molecule has 0 unspecified atom stereocenters. The molecule has 1 amide bonds. The van der Waals surface area contributed by atoms with Crippen LogP contribution in [0.1, 0.15) is 38.2 Å². The minimum atomic E-state index is 0.152. The summed E-state index contributed by atoms with van der Waals surface area (Å²) >= 11 is 0. The summed E-state index contributed by atoms with van der Waals surface area (Å²) in [7, 11) is 0. The fourth-order valence-corrected chi connectivity index (χ4v) is 1.93. The van der Waals surface area contributed by atoms with Gasteiger partial charge in [0.2, 0.25) is 5.91 Å². The summed E-state index contributed by atoms with van der Waals surface area (Å²) in [4.78, 5) is 11.7. The Hall–Kier alpha value is -1.57. The fraction of sp³-hybridized carbons (Fsp3) is 0.438. The van der Waals surface area contributed by atoms with Gasteiger partial charge < -0.3 is 5.32 Å². The lowest BCUT2D eigenvalue weighted by molar-refractivity contribution is -0.121. The van der Waals surface area contributed by atoms with E-state index in [2.05, 4.69) is 31.0 Å². The Morgan fingerprint density at radius 2 is 2.11 bits per heavy atom. The van der Waals surface area contributed by atoms with Crippen LogP contribution in [0.15, 0.2) is 43.0 Å². The van der Waals surface area contributed by atoms with Crippen LogP contribution in [0.2, 0.25) is 0 Å². The number of carbonyl (C=O) groups excluding carboxylic acids is 1. The predicted molar refractivity (Wildman–Crippen MR) is 76.4 cm³/mol. The zero-order chi connectivity index (χ0) is 13.2. The highest BCUT2D eigenvalue weighted by Crippen LogP contribution is 2.07. The highest BCUT2D eigenvalue weighted by atomic mass is 16.1. The van der Waals surface area contributed by atoms with E-state index in [4.69, 9.17) is 0 Å². The fourth-order valence-electron chi connectivity index (χ4n) is 1.93. The number of nitrogens with one attached hydrogen (secondary N) is 1. The first-order valence-electron chi connectivity index (χ1n) is 6.70. The van der Waals surface area contributed by atoms with Crippen LogP contribution in [0.4, 0.5) is 0 Å². The molecule has 0 fully saturated rings. The molecular weight excluding hydrogens is 222 g/mol. The molecule has 0 saturated heterocycles. The van der Waals surface area contributed by atoms with Gasteiger partial charge in [-0.05, 0) is 24.8 Å². The third-order valence-corrected chi connectivity index (χ3v) is 2.90. The van der Waals surface area contributed by atoms with Crippen molar-refractivity contribution < 1.29 is 4.79 Å². The Morgan fingerprint density at radius 3 is 2.72 bits per heavy atom. The van der Waals surface area contributed by atoms with Crippen molar-refractivity contribution in [1.82, 2.24) is 5.32 Å². The maximum atomic E-state index is 11.7. The van der Waals surface area contributed by atoms with Crippen molar-refractivity contribution in [1.29, 1.82) is 0 Å². The maximum Gasteiger partial charge on any atom is 0.220 e. The molecule has 1 aromatic rings. The van der Waals surface area contributed by atoms with Gasteiger partial charge in [0.25, 0.3) is 0 Å². The predicted octanol–water partition coefficient (Wildman–Crippen LogP) is 3.48. The van der Waals surface area contributed by atoms with Gasteiger partial charge in [-0.25, -0.2) is 0 Å². The van der Waals surface area contributed by atoms with Gasteiger partial charge >= 0.3 is 0 Å². The normalized spacial score (nSPS) is 11.8. The second kappa shape index (κ2) is 8.51. The van der Waals surface area contributed by atoms with Crippen LogP contribution in [0, 0.1) is 0 Å².